The molecule has 1 aromatic carbocycles. The third kappa shape index (κ3) is 4.64. The van der Waals surface area contributed by atoms with Gasteiger partial charge in [0, 0.05) is 13.6 Å². The topological polar surface area (TPSA) is 67.2 Å². The standard InChI is InChI=1S/C25H28F4N4O2S/c1-16-11-19-6-7-20(24(19)14-33(15-25(27,28)29)36(34,35)31-24)12-18(16)5-10-22-13-23(32(2)30-22)17-3-8-21(26)9-4-17/h3-5,8-10,13,19-20,31H,6-7,11-12,14-15H2,1-2H3. The number of hydrogen-bond acceptors (Lipinski definition) is 3. The van der Waals surface area contributed by atoms with Crippen molar-refractivity contribution in [1.29, 1.82) is 0 Å². The first-order chi connectivity index (χ1) is 16.9. The molecule has 2 aromatic rings. The molecule has 3 atom stereocenters. The zero-order valence-corrected chi connectivity index (χ0v) is 20.8. The first-order valence-electron chi connectivity index (χ1n) is 11.9. The summed E-state index contributed by atoms with van der Waals surface area (Å²) in [7, 11) is -2.39. The molecule has 3 aliphatic rings. The van der Waals surface area contributed by atoms with Gasteiger partial charge in [-0.2, -0.15) is 35.7 Å². The maximum absolute atomic E-state index is 13.3. The average Bonchev–Trinajstić information content (AvgIpc) is 3.35. The summed E-state index contributed by atoms with van der Waals surface area (Å²) in [6.07, 6.45) is 2.03. The minimum Gasteiger partial charge on any atom is -0.267 e. The maximum atomic E-state index is 13.3. The van der Waals surface area contributed by atoms with Crippen molar-refractivity contribution in [2.45, 2.75) is 44.3 Å². The van der Waals surface area contributed by atoms with E-state index in [0.717, 1.165) is 40.9 Å². The molecule has 36 heavy (non-hydrogen) atoms. The molecule has 2 fully saturated rings. The predicted octanol–water partition coefficient (Wildman–Crippen LogP) is 4.83. The molecule has 2 aliphatic carbocycles. The second-order valence-corrected chi connectivity index (χ2v) is 11.8. The average molecular weight is 525 g/mol. The third-order valence-electron chi connectivity index (χ3n) is 7.83. The largest absolute Gasteiger partial charge is 0.402 e. The summed E-state index contributed by atoms with van der Waals surface area (Å²) in [6, 6.07) is 8.09. The number of benzene rings is 1. The zero-order valence-electron chi connectivity index (χ0n) is 20.0. The van der Waals surface area contributed by atoms with Crippen molar-refractivity contribution in [3.8, 4) is 11.3 Å². The summed E-state index contributed by atoms with van der Waals surface area (Å²) >= 11 is 0. The van der Waals surface area contributed by atoms with E-state index in [-0.39, 0.29) is 24.2 Å². The number of allylic oxidation sites excluding steroid dienone is 3. The Labute approximate surface area is 207 Å². The van der Waals surface area contributed by atoms with E-state index in [1.807, 2.05) is 32.2 Å². The highest BCUT2D eigenvalue weighted by atomic mass is 32.2. The van der Waals surface area contributed by atoms with E-state index in [1.54, 1.807) is 16.8 Å². The van der Waals surface area contributed by atoms with Crippen molar-refractivity contribution < 1.29 is 26.0 Å². The van der Waals surface area contributed by atoms with Crippen LogP contribution in [-0.2, 0) is 17.3 Å². The lowest BCUT2D eigenvalue weighted by molar-refractivity contribution is -0.136. The Morgan fingerprint density at radius 1 is 1.14 bits per heavy atom. The van der Waals surface area contributed by atoms with Crippen molar-refractivity contribution in [2.75, 3.05) is 13.1 Å². The lowest BCUT2D eigenvalue weighted by atomic mass is 9.79. The van der Waals surface area contributed by atoms with E-state index in [4.69, 9.17) is 0 Å². The van der Waals surface area contributed by atoms with Crippen molar-refractivity contribution >= 4 is 16.3 Å². The Hall–Kier alpha value is -2.50. The summed E-state index contributed by atoms with van der Waals surface area (Å²) in [6.45, 7) is 0.377. The van der Waals surface area contributed by atoms with E-state index in [0.29, 0.717) is 17.1 Å². The Morgan fingerprint density at radius 2 is 1.81 bits per heavy atom. The molecule has 3 unspecified atom stereocenters. The minimum absolute atomic E-state index is 0.0543. The predicted molar refractivity (Wildman–Crippen MR) is 128 cm³/mol. The van der Waals surface area contributed by atoms with Gasteiger partial charge in [-0.3, -0.25) is 4.68 Å². The zero-order chi connectivity index (χ0) is 25.9. The number of halogens is 4. The molecule has 1 aliphatic heterocycles. The highest BCUT2D eigenvalue weighted by Crippen LogP contribution is 2.52. The van der Waals surface area contributed by atoms with Gasteiger partial charge in [0.1, 0.15) is 12.4 Å². The molecular weight excluding hydrogens is 496 g/mol. The monoisotopic (exact) mass is 524 g/mol. The number of nitrogens with zero attached hydrogens (tertiary/aromatic N) is 3. The first kappa shape index (κ1) is 25.2. The highest BCUT2D eigenvalue weighted by molar-refractivity contribution is 7.87. The smallest absolute Gasteiger partial charge is 0.267 e. The van der Waals surface area contributed by atoms with Crippen LogP contribution in [0.5, 0.6) is 0 Å². The number of rotatable bonds is 4. The molecule has 1 saturated carbocycles. The lowest BCUT2D eigenvalue weighted by Gasteiger charge is -2.34. The minimum atomic E-state index is -4.60. The van der Waals surface area contributed by atoms with Gasteiger partial charge in [0.15, 0.2) is 0 Å². The van der Waals surface area contributed by atoms with Gasteiger partial charge >= 0.3 is 6.18 Å². The van der Waals surface area contributed by atoms with Gasteiger partial charge < -0.3 is 0 Å². The molecule has 6 nitrogen and oxygen atoms in total. The molecule has 2 heterocycles. The van der Waals surface area contributed by atoms with E-state index >= 15 is 0 Å². The van der Waals surface area contributed by atoms with Crippen LogP contribution in [-0.4, -0.2) is 47.3 Å². The Kier molecular flexibility index (Phi) is 6.16. The van der Waals surface area contributed by atoms with Crippen LogP contribution in [0.25, 0.3) is 17.3 Å². The molecule has 1 spiro atoms. The molecular formula is C25H28F4N4O2S. The molecule has 0 amide bonds. The Bertz CT molecular complexity index is 1330. The maximum Gasteiger partial charge on any atom is 0.402 e. The van der Waals surface area contributed by atoms with E-state index in [2.05, 4.69) is 9.82 Å². The quantitative estimate of drug-likeness (QED) is 0.583. The molecule has 1 aromatic heterocycles. The van der Waals surface area contributed by atoms with Gasteiger partial charge in [-0.25, -0.2) is 4.39 Å². The molecule has 0 radical (unpaired) electrons. The van der Waals surface area contributed by atoms with Crippen LogP contribution >= 0.6 is 0 Å². The SMILES string of the molecule is CC1=C(C=Cc2cc(-c3ccc(F)cc3)n(C)n2)CC2CCC(C1)C21CN(CC(F)(F)F)S(=O)(=O)N1. The van der Waals surface area contributed by atoms with Gasteiger partial charge in [-0.05, 0) is 92.0 Å². The second-order valence-electron chi connectivity index (χ2n) is 10.1. The molecule has 194 valence electrons. The normalized spacial score (nSPS) is 28.5. The number of aryl methyl sites for hydroxylation is 1. The van der Waals surface area contributed by atoms with Crippen LogP contribution in [0.3, 0.4) is 0 Å². The number of nitrogens with one attached hydrogen (secondary N) is 1. The van der Waals surface area contributed by atoms with Gasteiger partial charge in [0.05, 0.1) is 16.9 Å². The molecule has 11 heteroatoms. The lowest BCUT2D eigenvalue weighted by Crippen LogP contribution is -2.51. The number of hydrogen-bond donors (Lipinski definition) is 1. The number of alkyl halides is 3. The summed E-state index contributed by atoms with van der Waals surface area (Å²) < 4.78 is 82.7. The molecule has 5 rings (SSSR count). The summed E-state index contributed by atoms with van der Waals surface area (Å²) in [5, 5.41) is 4.53. The summed E-state index contributed by atoms with van der Waals surface area (Å²) in [4.78, 5) is 0. The summed E-state index contributed by atoms with van der Waals surface area (Å²) in [5.74, 6) is -0.456. The van der Waals surface area contributed by atoms with Gasteiger partial charge in [0.2, 0.25) is 0 Å². The fourth-order valence-corrected chi connectivity index (χ4v) is 7.80. The van der Waals surface area contributed by atoms with Gasteiger partial charge in [0.25, 0.3) is 10.2 Å². The third-order valence-corrected chi connectivity index (χ3v) is 9.41. The van der Waals surface area contributed by atoms with Crippen LogP contribution in [0, 0.1) is 17.7 Å². The Balaban J connectivity index is 1.37. The molecule has 1 N–H and O–H groups in total. The van der Waals surface area contributed by atoms with Crippen LogP contribution in [0.2, 0.25) is 0 Å². The van der Waals surface area contributed by atoms with Crippen LogP contribution < -0.4 is 4.72 Å². The van der Waals surface area contributed by atoms with Crippen LogP contribution in [0.1, 0.15) is 38.3 Å². The highest BCUT2D eigenvalue weighted by Gasteiger charge is 2.60. The van der Waals surface area contributed by atoms with Crippen LogP contribution in [0.4, 0.5) is 17.6 Å². The van der Waals surface area contributed by atoms with Crippen molar-refractivity contribution in [1.82, 2.24) is 18.8 Å². The fourth-order valence-electron chi connectivity index (χ4n) is 6.10. The van der Waals surface area contributed by atoms with Gasteiger partial charge in [-0.15, -0.1) is 0 Å². The second kappa shape index (κ2) is 8.81. The number of aromatic nitrogens is 2. The molecule has 1 saturated heterocycles. The first-order valence-corrected chi connectivity index (χ1v) is 13.3. The van der Waals surface area contributed by atoms with Crippen molar-refractivity contribution in [3.63, 3.8) is 0 Å². The van der Waals surface area contributed by atoms with Crippen molar-refractivity contribution in [2.24, 2.45) is 18.9 Å². The van der Waals surface area contributed by atoms with Crippen LogP contribution in [0.15, 0.2) is 47.6 Å². The van der Waals surface area contributed by atoms with Crippen molar-refractivity contribution in [3.05, 3.63) is 59.1 Å². The van der Waals surface area contributed by atoms with E-state index in [9.17, 15) is 26.0 Å². The van der Waals surface area contributed by atoms with E-state index in [1.165, 1.54) is 12.1 Å². The molecule has 2 bridgehead atoms. The van der Waals surface area contributed by atoms with E-state index < -0.39 is 28.5 Å². The summed E-state index contributed by atoms with van der Waals surface area (Å²) in [5.41, 5.74) is 3.68. The fraction of sp³-hybridized carbons (Fsp3) is 0.480. The van der Waals surface area contributed by atoms with Gasteiger partial charge in [-0.1, -0.05) is 11.6 Å². The Morgan fingerprint density at radius 3 is 2.47 bits per heavy atom.